The third kappa shape index (κ3) is 67.6. The summed E-state index contributed by atoms with van der Waals surface area (Å²) in [6.45, 7) is 6.53. The van der Waals surface area contributed by atoms with Gasteiger partial charge in [-0.2, -0.15) is 0 Å². The lowest BCUT2D eigenvalue weighted by Crippen LogP contribution is -2.30. The topological polar surface area (TPSA) is 78.9 Å². The molecule has 476 valence electrons. The first-order chi connectivity index (χ1) is 40.5. The van der Waals surface area contributed by atoms with E-state index in [4.69, 9.17) is 14.2 Å². The molecule has 0 aliphatic carbocycles. The van der Waals surface area contributed by atoms with E-state index in [-0.39, 0.29) is 31.1 Å². The molecule has 0 amide bonds. The summed E-state index contributed by atoms with van der Waals surface area (Å²) in [5.41, 5.74) is 0. The van der Waals surface area contributed by atoms with Crippen LogP contribution < -0.4 is 0 Å². The maximum absolute atomic E-state index is 12.9. The van der Waals surface area contributed by atoms with Crippen LogP contribution in [0.4, 0.5) is 0 Å². The van der Waals surface area contributed by atoms with Gasteiger partial charge in [0.25, 0.3) is 0 Å². The summed E-state index contributed by atoms with van der Waals surface area (Å²) in [6, 6.07) is 0. The Balaban J connectivity index is 4.09. The van der Waals surface area contributed by atoms with Crippen LogP contribution in [0.2, 0.25) is 0 Å². The average molecular weight is 1150 g/mol. The molecule has 1 atom stereocenters. The first-order valence-corrected chi connectivity index (χ1v) is 35.9. The molecule has 0 bridgehead atoms. The minimum Gasteiger partial charge on any atom is -0.462 e. The standard InChI is InChI=1S/C76H136O6/c1-4-7-10-13-16-19-22-25-28-29-30-31-32-33-34-35-36-37-38-39-40-41-42-43-44-45-46-47-49-51-54-57-60-63-66-69-75(78)81-72-73(71-80-74(77)68-65-62-59-56-53-50-27-24-21-18-15-12-9-6-3)82-76(79)70-67-64-61-58-55-52-48-26-23-20-17-14-11-8-5-2/h7,10,15-16,18-19,24-25,27-28,30-31,73H,4-6,8-9,11-14,17,20-23,26,29,32-72H2,1-3H3/b10-7-,18-15-,19-16-,27-24-,28-25-,31-30-. The Morgan fingerprint density at radius 3 is 0.780 bits per heavy atom. The van der Waals surface area contributed by atoms with Gasteiger partial charge in [-0.3, -0.25) is 14.4 Å². The fraction of sp³-hybridized carbons (Fsp3) is 0.803. The molecule has 0 saturated carbocycles. The van der Waals surface area contributed by atoms with Crippen molar-refractivity contribution in [2.24, 2.45) is 0 Å². The lowest BCUT2D eigenvalue weighted by molar-refractivity contribution is -0.167. The van der Waals surface area contributed by atoms with E-state index in [0.717, 1.165) is 103 Å². The molecule has 6 heteroatoms. The van der Waals surface area contributed by atoms with Crippen LogP contribution in [0.15, 0.2) is 72.9 Å². The molecule has 1 unspecified atom stereocenters. The Morgan fingerprint density at radius 1 is 0.256 bits per heavy atom. The number of esters is 3. The molecule has 0 rings (SSSR count). The summed E-state index contributed by atoms with van der Waals surface area (Å²) in [5, 5.41) is 0. The smallest absolute Gasteiger partial charge is 0.306 e. The number of carbonyl (C=O) groups excluding carboxylic acids is 3. The van der Waals surface area contributed by atoms with Crippen LogP contribution in [0.25, 0.3) is 0 Å². The van der Waals surface area contributed by atoms with Crippen molar-refractivity contribution in [2.75, 3.05) is 13.2 Å². The van der Waals surface area contributed by atoms with Gasteiger partial charge in [0.1, 0.15) is 13.2 Å². The fourth-order valence-corrected chi connectivity index (χ4v) is 10.6. The van der Waals surface area contributed by atoms with Crippen molar-refractivity contribution in [1.29, 1.82) is 0 Å². The number of ether oxygens (including phenoxy) is 3. The van der Waals surface area contributed by atoms with Crippen LogP contribution in [-0.4, -0.2) is 37.2 Å². The maximum atomic E-state index is 12.9. The zero-order chi connectivity index (χ0) is 59.2. The van der Waals surface area contributed by atoms with Crippen molar-refractivity contribution >= 4 is 17.9 Å². The minimum absolute atomic E-state index is 0.0733. The monoisotopic (exact) mass is 1150 g/mol. The van der Waals surface area contributed by atoms with E-state index in [9.17, 15) is 14.4 Å². The predicted octanol–water partition coefficient (Wildman–Crippen LogP) is 24.8. The van der Waals surface area contributed by atoms with Crippen LogP contribution in [0.3, 0.4) is 0 Å². The highest BCUT2D eigenvalue weighted by atomic mass is 16.6. The molecular formula is C76H136O6. The van der Waals surface area contributed by atoms with E-state index >= 15 is 0 Å². The number of hydrogen-bond acceptors (Lipinski definition) is 6. The van der Waals surface area contributed by atoms with Gasteiger partial charge < -0.3 is 14.2 Å². The molecule has 0 saturated heterocycles. The first kappa shape index (κ1) is 78.8. The molecule has 0 radical (unpaired) electrons. The van der Waals surface area contributed by atoms with Crippen LogP contribution in [-0.2, 0) is 28.6 Å². The molecule has 0 aromatic carbocycles. The molecule has 0 aliphatic heterocycles. The van der Waals surface area contributed by atoms with Gasteiger partial charge in [-0.25, -0.2) is 0 Å². The largest absolute Gasteiger partial charge is 0.462 e. The van der Waals surface area contributed by atoms with E-state index in [0.29, 0.717) is 19.3 Å². The second kappa shape index (κ2) is 70.3. The van der Waals surface area contributed by atoms with Crippen molar-refractivity contribution in [3.8, 4) is 0 Å². The first-order valence-electron chi connectivity index (χ1n) is 35.9. The number of unbranched alkanes of at least 4 members (excludes halogenated alkanes) is 43. The summed E-state index contributed by atoms with van der Waals surface area (Å²) >= 11 is 0. The zero-order valence-corrected chi connectivity index (χ0v) is 54.8. The quantitative estimate of drug-likeness (QED) is 0.0261. The molecule has 0 heterocycles. The predicted molar refractivity (Wildman–Crippen MR) is 358 cm³/mol. The van der Waals surface area contributed by atoms with Crippen LogP contribution in [0.5, 0.6) is 0 Å². The molecule has 0 spiro atoms. The average Bonchev–Trinajstić information content (AvgIpc) is 3.48. The van der Waals surface area contributed by atoms with Crippen molar-refractivity contribution in [2.45, 2.75) is 380 Å². The molecule has 0 aliphatic rings. The summed E-state index contributed by atoms with van der Waals surface area (Å²) in [5.74, 6) is -0.863. The molecule has 82 heavy (non-hydrogen) atoms. The number of carbonyl (C=O) groups is 3. The molecule has 0 aromatic heterocycles. The SMILES string of the molecule is CC/C=C\C/C=C\C/C=C\C/C=C\CCCCCCCCCCCCCCCCCCCCCCCCC(=O)OCC(COC(=O)CCCCCCC/C=C\C/C=C\CCCC)OC(=O)CCCCCCCCCCCCCCCCC. The second-order valence-corrected chi connectivity index (χ2v) is 24.1. The van der Waals surface area contributed by atoms with E-state index in [1.807, 2.05) is 0 Å². The van der Waals surface area contributed by atoms with Gasteiger partial charge in [-0.05, 0) is 83.5 Å². The Kier molecular flexibility index (Phi) is 67.6. The van der Waals surface area contributed by atoms with Crippen molar-refractivity contribution in [3.63, 3.8) is 0 Å². The van der Waals surface area contributed by atoms with Crippen molar-refractivity contribution in [1.82, 2.24) is 0 Å². The summed E-state index contributed by atoms with van der Waals surface area (Å²) in [4.78, 5) is 38.4. The second-order valence-electron chi connectivity index (χ2n) is 24.1. The van der Waals surface area contributed by atoms with Gasteiger partial charge in [0.05, 0.1) is 0 Å². The zero-order valence-electron chi connectivity index (χ0n) is 54.8. The van der Waals surface area contributed by atoms with Gasteiger partial charge in [-0.15, -0.1) is 0 Å². The van der Waals surface area contributed by atoms with Gasteiger partial charge in [0, 0.05) is 19.3 Å². The molecule has 0 aromatic rings. The lowest BCUT2D eigenvalue weighted by atomic mass is 10.0. The maximum Gasteiger partial charge on any atom is 0.306 e. The summed E-state index contributed by atoms with van der Waals surface area (Å²) in [6.07, 6.45) is 92.3. The Morgan fingerprint density at radius 2 is 0.488 bits per heavy atom. The third-order valence-electron chi connectivity index (χ3n) is 15.9. The lowest BCUT2D eigenvalue weighted by Gasteiger charge is -2.18. The highest BCUT2D eigenvalue weighted by molar-refractivity contribution is 5.71. The van der Waals surface area contributed by atoms with E-state index < -0.39 is 6.10 Å². The molecule has 0 fully saturated rings. The highest BCUT2D eigenvalue weighted by Gasteiger charge is 2.19. The minimum atomic E-state index is -0.777. The van der Waals surface area contributed by atoms with E-state index in [1.54, 1.807) is 0 Å². The Bertz CT molecular complexity index is 1500. The third-order valence-corrected chi connectivity index (χ3v) is 15.9. The van der Waals surface area contributed by atoms with E-state index in [1.165, 1.54) is 231 Å². The van der Waals surface area contributed by atoms with Crippen LogP contribution >= 0.6 is 0 Å². The molecular weight excluding hydrogens is 1010 g/mol. The van der Waals surface area contributed by atoms with Crippen molar-refractivity contribution in [3.05, 3.63) is 72.9 Å². The summed E-state index contributed by atoms with van der Waals surface area (Å²) < 4.78 is 17.0. The normalized spacial score (nSPS) is 12.5. The number of allylic oxidation sites excluding steroid dienone is 12. The van der Waals surface area contributed by atoms with Gasteiger partial charge in [-0.1, -0.05) is 344 Å². The van der Waals surface area contributed by atoms with Gasteiger partial charge in [0.15, 0.2) is 6.10 Å². The van der Waals surface area contributed by atoms with Crippen LogP contribution in [0.1, 0.15) is 374 Å². The number of rotatable bonds is 66. The van der Waals surface area contributed by atoms with Crippen LogP contribution in [0, 0.1) is 0 Å². The fourth-order valence-electron chi connectivity index (χ4n) is 10.6. The highest BCUT2D eigenvalue weighted by Crippen LogP contribution is 2.18. The molecule has 6 nitrogen and oxygen atoms in total. The van der Waals surface area contributed by atoms with Crippen molar-refractivity contribution < 1.29 is 28.6 Å². The van der Waals surface area contributed by atoms with E-state index in [2.05, 4.69) is 93.7 Å². The Labute approximate surface area is 510 Å². The van der Waals surface area contributed by atoms with Gasteiger partial charge in [0.2, 0.25) is 0 Å². The van der Waals surface area contributed by atoms with Gasteiger partial charge >= 0.3 is 17.9 Å². The Hall–Kier alpha value is -3.15. The molecule has 0 N–H and O–H groups in total. The number of hydrogen-bond donors (Lipinski definition) is 0. The summed E-state index contributed by atoms with van der Waals surface area (Å²) in [7, 11) is 0.